The van der Waals surface area contributed by atoms with Gasteiger partial charge in [0.2, 0.25) is 11.8 Å². The van der Waals surface area contributed by atoms with Gasteiger partial charge in [-0.3, -0.25) is 9.69 Å². The molecule has 2 atom stereocenters. The molecular weight excluding hydrogens is 448 g/mol. The van der Waals surface area contributed by atoms with Crippen molar-refractivity contribution in [1.29, 1.82) is 0 Å². The predicted octanol–water partition coefficient (Wildman–Crippen LogP) is 4.13. The van der Waals surface area contributed by atoms with E-state index in [2.05, 4.69) is 21.9 Å². The van der Waals surface area contributed by atoms with Gasteiger partial charge in [-0.05, 0) is 82.7 Å². The molecule has 0 spiro atoms. The van der Waals surface area contributed by atoms with Crippen LogP contribution in [0.4, 0.5) is 0 Å². The number of thiophene rings is 1. The number of ether oxygens (including phenoxy) is 1. The van der Waals surface area contributed by atoms with Crippen LogP contribution < -0.4 is 4.74 Å². The molecule has 3 heterocycles. The lowest BCUT2D eigenvalue weighted by Crippen LogP contribution is -2.44. The van der Waals surface area contributed by atoms with Crippen molar-refractivity contribution in [3.63, 3.8) is 0 Å². The second kappa shape index (κ2) is 10.5. The maximum atomic E-state index is 12.5. The first-order valence-electron chi connectivity index (χ1n) is 13.1. The fraction of sp³-hybridized carbons (Fsp3) is 0.731. The van der Waals surface area contributed by atoms with Crippen molar-refractivity contribution in [1.82, 2.24) is 19.8 Å². The molecule has 34 heavy (non-hydrogen) atoms. The lowest BCUT2D eigenvalue weighted by molar-refractivity contribution is -0.131. The summed E-state index contributed by atoms with van der Waals surface area (Å²) in [6.07, 6.45) is 11.6. The molecule has 2 fully saturated rings. The Morgan fingerprint density at radius 1 is 1.24 bits per heavy atom. The Labute approximate surface area is 206 Å². The molecule has 1 amide bonds. The van der Waals surface area contributed by atoms with Crippen LogP contribution in [0.5, 0.6) is 5.88 Å². The molecule has 1 saturated carbocycles. The molecule has 7 nitrogen and oxygen atoms in total. The largest absolute Gasteiger partial charge is 0.474 e. The number of rotatable bonds is 8. The van der Waals surface area contributed by atoms with Crippen LogP contribution in [0.1, 0.15) is 81.1 Å². The number of aliphatic hydroxyl groups excluding tert-OH is 1. The summed E-state index contributed by atoms with van der Waals surface area (Å²) in [6, 6.07) is 0.433. The summed E-state index contributed by atoms with van der Waals surface area (Å²) >= 11 is 1.77. The number of aromatic nitrogens is 2. The Kier molecular flexibility index (Phi) is 7.37. The second-order valence-electron chi connectivity index (χ2n) is 10.4. The fourth-order valence-electron chi connectivity index (χ4n) is 6.03. The zero-order valence-electron chi connectivity index (χ0n) is 20.5. The Morgan fingerprint density at radius 3 is 2.74 bits per heavy atom. The standard InChI is InChI=1S/C26H38N4O3S/c1-3-19(31)14-17-6-11-21-23(17)24-25(27-16-28-26(24)34-21)33-20-9-7-18(8-10-20)29(2)15-22(32)30-12-4-5-13-30/h16-20,31H,3-15H2,1-2H3/t17-,18?,19+,20?/m1/s1. The normalized spacial score (nSPS) is 25.8. The third-order valence-electron chi connectivity index (χ3n) is 8.11. The summed E-state index contributed by atoms with van der Waals surface area (Å²) < 4.78 is 6.52. The molecule has 2 aliphatic carbocycles. The highest BCUT2D eigenvalue weighted by Gasteiger charge is 2.33. The topological polar surface area (TPSA) is 78.8 Å². The van der Waals surface area contributed by atoms with Gasteiger partial charge in [0.25, 0.3) is 0 Å². The van der Waals surface area contributed by atoms with Crippen molar-refractivity contribution in [2.45, 2.75) is 95.3 Å². The van der Waals surface area contributed by atoms with Gasteiger partial charge in [-0.15, -0.1) is 11.3 Å². The van der Waals surface area contributed by atoms with Crippen LogP contribution >= 0.6 is 11.3 Å². The zero-order chi connectivity index (χ0) is 23.7. The number of hydrogen-bond acceptors (Lipinski definition) is 7. The number of aryl methyl sites for hydroxylation is 1. The van der Waals surface area contributed by atoms with E-state index in [0.29, 0.717) is 18.5 Å². The average molecular weight is 487 g/mol. The monoisotopic (exact) mass is 486 g/mol. The zero-order valence-corrected chi connectivity index (χ0v) is 21.4. The van der Waals surface area contributed by atoms with Crippen molar-refractivity contribution in [2.75, 3.05) is 26.7 Å². The minimum Gasteiger partial charge on any atom is -0.474 e. The number of fused-ring (bicyclic) bond motifs is 3. The van der Waals surface area contributed by atoms with Gasteiger partial charge in [0.1, 0.15) is 17.3 Å². The molecule has 5 rings (SSSR count). The first-order chi connectivity index (χ1) is 16.5. The van der Waals surface area contributed by atoms with Crippen molar-refractivity contribution in [3.05, 3.63) is 16.8 Å². The number of carbonyl (C=O) groups excluding carboxylic acids is 1. The number of carbonyl (C=O) groups is 1. The van der Waals surface area contributed by atoms with E-state index in [-0.39, 0.29) is 18.1 Å². The van der Waals surface area contributed by atoms with Gasteiger partial charge in [-0.1, -0.05) is 6.92 Å². The predicted molar refractivity (Wildman–Crippen MR) is 135 cm³/mol. The van der Waals surface area contributed by atoms with E-state index in [0.717, 1.165) is 93.4 Å². The van der Waals surface area contributed by atoms with Crippen molar-refractivity contribution >= 4 is 27.5 Å². The van der Waals surface area contributed by atoms with Crippen LogP contribution in [0.3, 0.4) is 0 Å². The number of aliphatic hydroxyl groups is 1. The Balaban J connectivity index is 1.22. The molecule has 8 heteroatoms. The summed E-state index contributed by atoms with van der Waals surface area (Å²) in [5.74, 6) is 1.36. The Morgan fingerprint density at radius 2 is 2.00 bits per heavy atom. The molecule has 3 aliphatic rings. The van der Waals surface area contributed by atoms with Gasteiger partial charge in [-0.2, -0.15) is 0 Å². The SMILES string of the molecule is CC[C@H](O)C[C@H]1CCc2sc3ncnc(OC4CCC(N(C)CC(=O)N5CCCC5)CC4)c3c21. The van der Waals surface area contributed by atoms with E-state index < -0.39 is 0 Å². The van der Waals surface area contributed by atoms with Crippen molar-refractivity contribution in [2.24, 2.45) is 0 Å². The minimum absolute atomic E-state index is 0.147. The number of amides is 1. The fourth-order valence-corrected chi connectivity index (χ4v) is 7.26. The second-order valence-corrected chi connectivity index (χ2v) is 11.5. The van der Waals surface area contributed by atoms with Crippen LogP contribution in [0.25, 0.3) is 10.2 Å². The van der Waals surface area contributed by atoms with Crippen LogP contribution in [0.15, 0.2) is 6.33 Å². The Bertz CT molecular complexity index is 997. The molecule has 186 valence electrons. The molecule has 1 N–H and O–H groups in total. The Hall–Kier alpha value is -1.77. The number of hydrogen-bond donors (Lipinski definition) is 1. The lowest BCUT2D eigenvalue weighted by Gasteiger charge is -2.35. The van der Waals surface area contributed by atoms with Crippen LogP contribution in [-0.2, 0) is 11.2 Å². The molecule has 0 radical (unpaired) electrons. The van der Waals surface area contributed by atoms with E-state index >= 15 is 0 Å². The molecule has 2 aromatic rings. The molecule has 0 unspecified atom stereocenters. The highest BCUT2D eigenvalue weighted by atomic mass is 32.1. The number of likely N-dealkylation sites (N-methyl/N-ethyl adjacent to an activating group) is 1. The quantitative estimate of drug-likeness (QED) is 0.605. The summed E-state index contributed by atoms with van der Waals surface area (Å²) in [7, 11) is 2.09. The summed E-state index contributed by atoms with van der Waals surface area (Å²) in [6.45, 7) is 4.41. The van der Waals surface area contributed by atoms with Crippen LogP contribution in [0.2, 0.25) is 0 Å². The molecule has 1 aliphatic heterocycles. The summed E-state index contributed by atoms with van der Waals surface area (Å²) in [5.41, 5.74) is 1.33. The van der Waals surface area contributed by atoms with E-state index in [1.54, 1.807) is 17.7 Å². The maximum absolute atomic E-state index is 12.5. The number of nitrogens with zero attached hydrogens (tertiary/aromatic N) is 4. The van der Waals surface area contributed by atoms with E-state index in [1.807, 2.05) is 11.8 Å². The van der Waals surface area contributed by atoms with Crippen LogP contribution in [-0.4, -0.2) is 75.7 Å². The average Bonchev–Trinajstić information content (AvgIpc) is 3.58. The first-order valence-corrected chi connectivity index (χ1v) is 13.9. The minimum atomic E-state index is -0.260. The van der Waals surface area contributed by atoms with E-state index in [9.17, 15) is 9.90 Å². The third-order valence-corrected chi connectivity index (χ3v) is 9.29. The van der Waals surface area contributed by atoms with Gasteiger partial charge in [-0.25, -0.2) is 9.97 Å². The smallest absolute Gasteiger partial charge is 0.236 e. The summed E-state index contributed by atoms with van der Waals surface area (Å²) in [5, 5.41) is 11.4. The van der Waals surface area contributed by atoms with Crippen LogP contribution in [0, 0.1) is 0 Å². The first kappa shape index (κ1) is 23.9. The highest BCUT2D eigenvalue weighted by Crippen LogP contribution is 2.48. The third kappa shape index (κ3) is 4.95. The summed E-state index contributed by atoms with van der Waals surface area (Å²) in [4.78, 5) is 28.3. The highest BCUT2D eigenvalue weighted by molar-refractivity contribution is 7.19. The lowest BCUT2D eigenvalue weighted by atomic mass is 9.91. The number of likely N-dealkylation sites (tertiary alicyclic amines) is 1. The molecule has 2 aromatic heterocycles. The molecule has 1 saturated heterocycles. The van der Waals surface area contributed by atoms with Gasteiger partial charge >= 0.3 is 0 Å². The van der Waals surface area contributed by atoms with Crippen molar-refractivity contribution < 1.29 is 14.6 Å². The van der Waals surface area contributed by atoms with Crippen molar-refractivity contribution in [3.8, 4) is 5.88 Å². The van der Waals surface area contributed by atoms with E-state index in [4.69, 9.17) is 4.74 Å². The van der Waals surface area contributed by atoms with Gasteiger partial charge in [0.05, 0.1) is 18.0 Å². The van der Waals surface area contributed by atoms with Gasteiger partial charge < -0.3 is 14.7 Å². The molecular formula is C26H38N4O3S. The molecule has 0 aromatic carbocycles. The van der Waals surface area contributed by atoms with E-state index in [1.165, 1.54) is 10.4 Å². The van der Waals surface area contributed by atoms with Gasteiger partial charge in [0.15, 0.2) is 0 Å². The van der Waals surface area contributed by atoms with Gasteiger partial charge in [0, 0.05) is 24.0 Å². The maximum Gasteiger partial charge on any atom is 0.236 e. The molecule has 0 bridgehead atoms.